The summed E-state index contributed by atoms with van der Waals surface area (Å²) in [6, 6.07) is 5.90. The second-order valence-corrected chi connectivity index (χ2v) is 3.83. The highest BCUT2D eigenvalue weighted by Crippen LogP contribution is 2.32. The van der Waals surface area contributed by atoms with Crippen LogP contribution in [0.5, 0.6) is 0 Å². The number of rotatable bonds is 3. The van der Waals surface area contributed by atoms with E-state index in [2.05, 4.69) is 0 Å². The summed E-state index contributed by atoms with van der Waals surface area (Å²) in [5.41, 5.74) is 0.0140. The van der Waals surface area contributed by atoms with E-state index in [9.17, 15) is 20.0 Å². The Morgan fingerprint density at radius 2 is 2.18 bits per heavy atom. The van der Waals surface area contributed by atoms with Crippen LogP contribution in [0.2, 0.25) is 0 Å². The minimum absolute atomic E-state index is 0.164. The fourth-order valence-corrected chi connectivity index (χ4v) is 1.87. The lowest BCUT2D eigenvalue weighted by atomic mass is 10.0. The predicted octanol–water partition coefficient (Wildman–Crippen LogP) is 1.33. The van der Waals surface area contributed by atoms with E-state index in [1.807, 2.05) is 0 Å². The van der Waals surface area contributed by atoms with E-state index in [0.29, 0.717) is 6.42 Å². The molecular formula is C11H11NO5. The molecule has 90 valence electrons. The Morgan fingerprint density at radius 3 is 2.76 bits per heavy atom. The SMILES string of the molecule is O=C1CC[C@@H]([C@H](O)c2ccccc2[N+](=O)[O-])O1. The van der Waals surface area contributed by atoms with Crippen molar-refractivity contribution < 1.29 is 19.6 Å². The van der Waals surface area contributed by atoms with Crippen molar-refractivity contribution in [3.8, 4) is 0 Å². The summed E-state index contributed by atoms with van der Waals surface area (Å²) in [5.74, 6) is -0.382. The molecule has 0 radical (unpaired) electrons. The molecule has 2 rings (SSSR count). The number of hydrogen-bond acceptors (Lipinski definition) is 5. The van der Waals surface area contributed by atoms with Crippen molar-refractivity contribution in [1.82, 2.24) is 0 Å². The Kier molecular flexibility index (Phi) is 3.06. The van der Waals surface area contributed by atoms with Crippen LogP contribution in [-0.4, -0.2) is 22.1 Å². The predicted molar refractivity (Wildman–Crippen MR) is 57.2 cm³/mol. The summed E-state index contributed by atoms with van der Waals surface area (Å²) in [4.78, 5) is 21.2. The highest BCUT2D eigenvalue weighted by Gasteiger charge is 2.34. The first-order valence-corrected chi connectivity index (χ1v) is 5.20. The van der Waals surface area contributed by atoms with Crippen molar-refractivity contribution in [2.45, 2.75) is 25.0 Å². The minimum atomic E-state index is -1.15. The van der Waals surface area contributed by atoms with Crippen molar-refractivity contribution in [3.05, 3.63) is 39.9 Å². The molecule has 6 heteroatoms. The second kappa shape index (κ2) is 4.50. The van der Waals surface area contributed by atoms with Crippen molar-refractivity contribution >= 4 is 11.7 Å². The number of aliphatic hydroxyl groups is 1. The normalized spacial score (nSPS) is 21.0. The smallest absolute Gasteiger partial charge is 0.306 e. The molecule has 0 unspecified atom stereocenters. The summed E-state index contributed by atoms with van der Waals surface area (Å²) in [6.07, 6.45) is -1.22. The minimum Gasteiger partial charge on any atom is -0.459 e. The van der Waals surface area contributed by atoms with E-state index in [4.69, 9.17) is 4.74 Å². The average Bonchev–Trinajstić information content (AvgIpc) is 2.75. The van der Waals surface area contributed by atoms with Crippen LogP contribution >= 0.6 is 0 Å². The quantitative estimate of drug-likeness (QED) is 0.486. The number of nitro benzene ring substituents is 1. The van der Waals surface area contributed by atoms with E-state index < -0.39 is 17.1 Å². The summed E-state index contributed by atoms with van der Waals surface area (Å²) in [7, 11) is 0. The maximum atomic E-state index is 10.9. The van der Waals surface area contributed by atoms with Crippen LogP contribution in [0.3, 0.4) is 0 Å². The second-order valence-electron chi connectivity index (χ2n) is 3.83. The van der Waals surface area contributed by atoms with E-state index in [-0.39, 0.29) is 23.6 Å². The number of cyclic esters (lactones) is 1. The molecule has 1 saturated heterocycles. The number of benzene rings is 1. The zero-order valence-electron chi connectivity index (χ0n) is 8.91. The van der Waals surface area contributed by atoms with Crippen molar-refractivity contribution in [1.29, 1.82) is 0 Å². The van der Waals surface area contributed by atoms with Gasteiger partial charge in [0.1, 0.15) is 12.2 Å². The average molecular weight is 237 g/mol. The number of nitrogens with zero attached hydrogens (tertiary/aromatic N) is 1. The van der Waals surface area contributed by atoms with Gasteiger partial charge in [0, 0.05) is 12.5 Å². The number of ether oxygens (including phenoxy) is 1. The maximum absolute atomic E-state index is 10.9. The van der Waals surface area contributed by atoms with Crippen LogP contribution in [0.1, 0.15) is 24.5 Å². The molecule has 0 saturated carbocycles. The lowest BCUT2D eigenvalue weighted by molar-refractivity contribution is -0.386. The Hall–Kier alpha value is -1.95. The lowest BCUT2D eigenvalue weighted by Crippen LogP contribution is -2.19. The number of hydrogen-bond donors (Lipinski definition) is 1. The number of para-hydroxylation sites is 1. The summed E-state index contributed by atoms with van der Waals surface area (Å²) in [5, 5.41) is 20.8. The molecule has 2 atom stereocenters. The van der Waals surface area contributed by atoms with Gasteiger partial charge in [0.2, 0.25) is 0 Å². The van der Waals surface area contributed by atoms with Gasteiger partial charge in [0.15, 0.2) is 0 Å². The standard InChI is InChI=1S/C11H11NO5/c13-10-6-5-9(17-10)11(14)7-3-1-2-4-8(7)12(15)16/h1-4,9,11,14H,5-6H2/t9-,11+/m0/s1. The van der Waals surface area contributed by atoms with Gasteiger partial charge in [0.05, 0.1) is 10.5 Å². The first kappa shape index (κ1) is 11.5. The van der Waals surface area contributed by atoms with Crippen LogP contribution in [0.4, 0.5) is 5.69 Å². The van der Waals surface area contributed by atoms with E-state index in [1.165, 1.54) is 18.2 Å². The van der Waals surface area contributed by atoms with Gasteiger partial charge in [-0.3, -0.25) is 14.9 Å². The third kappa shape index (κ3) is 2.26. The third-order valence-electron chi connectivity index (χ3n) is 2.72. The van der Waals surface area contributed by atoms with Crippen LogP contribution in [0.15, 0.2) is 24.3 Å². The van der Waals surface area contributed by atoms with Crippen LogP contribution in [0.25, 0.3) is 0 Å². The molecular weight excluding hydrogens is 226 g/mol. The molecule has 1 N–H and O–H groups in total. The number of nitro groups is 1. The van der Waals surface area contributed by atoms with Crippen LogP contribution < -0.4 is 0 Å². The van der Waals surface area contributed by atoms with E-state index in [1.54, 1.807) is 6.07 Å². The number of esters is 1. The van der Waals surface area contributed by atoms with Gasteiger partial charge in [-0.15, -0.1) is 0 Å². The Labute approximate surface area is 97.0 Å². The van der Waals surface area contributed by atoms with Gasteiger partial charge < -0.3 is 9.84 Å². The van der Waals surface area contributed by atoms with Crippen LogP contribution in [0, 0.1) is 10.1 Å². The number of carbonyl (C=O) groups excluding carboxylic acids is 1. The Bertz CT molecular complexity index is 459. The Morgan fingerprint density at radius 1 is 1.47 bits per heavy atom. The van der Waals surface area contributed by atoms with Gasteiger partial charge in [-0.1, -0.05) is 12.1 Å². The molecule has 0 aliphatic carbocycles. The highest BCUT2D eigenvalue weighted by atomic mass is 16.6. The molecule has 1 fully saturated rings. The van der Waals surface area contributed by atoms with Crippen molar-refractivity contribution in [2.24, 2.45) is 0 Å². The summed E-state index contributed by atoms with van der Waals surface area (Å²) >= 11 is 0. The fourth-order valence-electron chi connectivity index (χ4n) is 1.87. The van der Waals surface area contributed by atoms with Gasteiger partial charge in [0.25, 0.3) is 5.69 Å². The molecule has 17 heavy (non-hydrogen) atoms. The van der Waals surface area contributed by atoms with Gasteiger partial charge in [-0.25, -0.2) is 0 Å². The van der Waals surface area contributed by atoms with Gasteiger partial charge in [-0.05, 0) is 12.5 Å². The van der Waals surface area contributed by atoms with Crippen molar-refractivity contribution in [3.63, 3.8) is 0 Å². The van der Waals surface area contributed by atoms with Crippen LogP contribution in [-0.2, 0) is 9.53 Å². The topological polar surface area (TPSA) is 89.7 Å². The first-order valence-electron chi connectivity index (χ1n) is 5.20. The molecule has 6 nitrogen and oxygen atoms in total. The molecule has 0 aromatic heterocycles. The third-order valence-corrected chi connectivity index (χ3v) is 2.72. The lowest BCUT2D eigenvalue weighted by Gasteiger charge is -2.16. The molecule has 1 aromatic rings. The highest BCUT2D eigenvalue weighted by molar-refractivity contribution is 5.71. The monoisotopic (exact) mass is 237 g/mol. The van der Waals surface area contributed by atoms with Gasteiger partial charge >= 0.3 is 5.97 Å². The van der Waals surface area contributed by atoms with E-state index in [0.717, 1.165) is 0 Å². The largest absolute Gasteiger partial charge is 0.459 e. The zero-order valence-corrected chi connectivity index (χ0v) is 8.91. The van der Waals surface area contributed by atoms with Crippen molar-refractivity contribution in [2.75, 3.05) is 0 Å². The van der Waals surface area contributed by atoms with Gasteiger partial charge in [-0.2, -0.15) is 0 Å². The molecule has 1 aliphatic heterocycles. The number of carbonyl (C=O) groups is 1. The molecule has 1 heterocycles. The molecule has 1 aliphatic rings. The maximum Gasteiger partial charge on any atom is 0.306 e. The first-order chi connectivity index (χ1) is 8.09. The van der Waals surface area contributed by atoms with E-state index >= 15 is 0 Å². The fraction of sp³-hybridized carbons (Fsp3) is 0.364. The Balaban J connectivity index is 2.27. The molecule has 1 aromatic carbocycles. The molecule has 0 bridgehead atoms. The zero-order chi connectivity index (χ0) is 12.4. The molecule has 0 spiro atoms. The number of aliphatic hydroxyl groups excluding tert-OH is 1. The summed E-state index contributed by atoms with van der Waals surface area (Å²) < 4.78 is 4.90. The summed E-state index contributed by atoms with van der Waals surface area (Å²) in [6.45, 7) is 0. The molecule has 0 amide bonds.